The van der Waals surface area contributed by atoms with E-state index < -0.39 is 29.8 Å². The highest BCUT2D eigenvalue weighted by molar-refractivity contribution is 5.82. The van der Waals surface area contributed by atoms with Gasteiger partial charge in [0.15, 0.2) is 0 Å². The Hall–Kier alpha value is -8.64. The van der Waals surface area contributed by atoms with E-state index in [1.54, 1.807) is 0 Å². The van der Waals surface area contributed by atoms with E-state index in [-0.39, 0.29) is 52.9 Å². The molecule has 12 heteroatoms. The number of ether oxygens (including phenoxy) is 8. The summed E-state index contributed by atoms with van der Waals surface area (Å²) in [5, 5.41) is 0. The maximum Gasteiger partial charge on any atom is 0.330 e. The van der Waals surface area contributed by atoms with Gasteiger partial charge >= 0.3 is 23.9 Å². The topological polar surface area (TPSA) is 142 Å². The average Bonchev–Trinajstić information content (AvgIpc) is 3.40. The Morgan fingerprint density at radius 1 is 0.362 bits per heavy atom. The lowest BCUT2D eigenvalue weighted by atomic mass is 9.81. The third kappa shape index (κ3) is 14.7. The summed E-state index contributed by atoms with van der Waals surface area (Å²) < 4.78 is 45.3. The Bertz CT molecular complexity index is 2560. The van der Waals surface area contributed by atoms with E-state index >= 15 is 0 Å². The predicted molar refractivity (Wildman–Crippen MR) is 263 cm³/mol. The Labute approximate surface area is 401 Å². The van der Waals surface area contributed by atoms with Crippen molar-refractivity contribution in [1.82, 2.24) is 0 Å². The normalized spacial score (nSPS) is 10.5. The van der Waals surface area contributed by atoms with Gasteiger partial charge in [0.2, 0.25) is 0 Å². The van der Waals surface area contributed by atoms with Gasteiger partial charge in [-0.1, -0.05) is 117 Å². The van der Waals surface area contributed by atoms with Gasteiger partial charge in [0.25, 0.3) is 0 Å². The Morgan fingerprint density at radius 3 is 1.06 bits per heavy atom. The molecule has 69 heavy (non-hydrogen) atoms. The number of esters is 4. The molecule has 0 amide bonds. The molecule has 0 aliphatic heterocycles. The molecular weight excluding hydrogens is 877 g/mol. The van der Waals surface area contributed by atoms with Crippen LogP contribution in [-0.2, 0) is 38.1 Å². The molecule has 0 bridgehead atoms. The molecule has 0 N–H and O–H groups in total. The lowest BCUT2D eigenvalue weighted by molar-refractivity contribution is -0.139. The fourth-order valence-electron chi connectivity index (χ4n) is 7.11. The van der Waals surface area contributed by atoms with Gasteiger partial charge in [-0.15, -0.1) is 0 Å². The molecule has 0 saturated heterocycles. The highest BCUT2D eigenvalue weighted by Crippen LogP contribution is 2.45. The van der Waals surface area contributed by atoms with Crippen molar-refractivity contribution in [3.05, 3.63) is 207 Å². The fourth-order valence-corrected chi connectivity index (χ4v) is 7.11. The van der Waals surface area contributed by atoms with Crippen LogP contribution in [0.5, 0.6) is 23.0 Å². The van der Waals surface area contributed by atoms with E-state index in [4.69, 9.17) is 37.9 Å². The summed E-state index contributed by atoms with van der Waals surface area (Å²) in [4.78, 5) is 47.0. The van der Waals surface area contributed by atoms with Gasteiger partial charge in [0.1, 0.15) is 75.9 Å². The van der Waals surface area contributed by atoms with Gasteiger partial charge in [0.05, 0.1) is 0 Å². The van der Waals surface area contributed by atoms with Crippen molar-refractivity contribution in [3.63, 3.8) is 0 Å². The second-order valence-electron chi connectivity index (χ2n) is 14.9. The third-order valence-electron chi connectivity index (χ3n) is 10.4. The van der Waals surface area contributed by atoms with Crippen LogP contribution in [0, 0.1) is 0 Å². The first-order valence-electron chi connectivity index (χ1n) is 22.0. The molecule has 0 spiro atoms. The molecule has 0 aliphatic rings. The molecule has 6 aromatic rings. The summed E-state index contributed by atoms with van der Waals surface area (Å²) in [5.74, 6) is -0.510. The second kappa shape index (κ2) is 25.9. The first-order chi connectivity index (χ1) is 33.7. The van der Waals surface area contributed by atoms with E-state index in [0.717, 1.165) is 74.4 Å². The van der Waals surface area contributed by atoms with E-state index in [0.29, 0.717) is 23.0 Å². The zero-order valence-electron chi connectivity index (χ0n) is 38.1. The maximum absolute atomic E-state index is 12.0. The number of hydrogen-bond donors (Lipinski definition) is 0. The minimum Gasteiger partial charge on any atom is -0.490 e. The largest absolute Gasteiger partial charge is 0.490 e. The van der Waals surface area contributed by atoms with Crippen LogP contribution in [0.3, 0.4) is 0 Å². The SMILES string of the molecule is C=CC(=O)OCCOc1ccc(-c2ccc(OCCOC(=O)C=C)c(C(c3ccc(-c4ccccc4)cc3)c3cc(-c4ccc(OCCOC(=O)C=C)cc4)ccc3OCCOC(=O)C=C)c2)cc1. The van der Waals surface area contributed by atoms with Crippen molar-refractivity contribution in [2.24, 2.45) is 0 Å². The summed E-state index contributed by atoms with van der Waals surface area (Å²) in [7, 11) is 0. The molecular formula is C57H52O12. The van der Waals surface area contributed by atoms with Crippen molar-refractivity contribution in [3.8, 4) is 56.4 Å². The number of hydrogen-bond acceptors (Lipinski definition) is 12. The van der Waals surface area contributed by atoms with Gasteiger partial charge in [-0.2, -0.15) is 0 Å². The number of carbonyl (C=O) groups is 4. The van der Waals surface area contributed by atoms with Crippen LogP contribution < -0.4 is 18.9 Å². The molecule has 0 aromatic heterocycles. The quantitative estimate of drug-likeness (QED) is 0.0168. The molecule has 0 unspecified atom stereocenters. The van der Waals surface area contributed by atoms with E-state index in [2.05, 4.69) is 74.8 Å². The summed E-state index contributed by atoms with van der Waals surface area (Å²) >= 11 is 0. The Kier molecular flexibility index (Phi) is 18.7. The molecule has 6 rings (SSSR count). The summed E-state index contributed by atoms with van der Waals surface area (Å²) in [6.07, 6.45) is 4.39. The highest BCUT2D eigenvalue weighted by atomic mass is 16.6. The van der Waals surface area contributed by atoms with Gasteiger partial charge < -0.3 is 37.9 Å². The minimum atomic E-state index is -0.568. The van der Waals surface area contributed by atoms with Crippen molar-refractivity contribution in [2.75, 3.05) is 52.9 Å². The van der Waals surface area contributed by atoms with Crippen LogP contribution in [0.2, 0.25) is 0 Å². The lowest BCUT2D eigenvalue weighted by Gasteiger charge is -2.26. The maximum atomic E-state index is 12.0. The zero-order chi connectivity index (χ0) is 48.8. The van der Waals surface area contributed by atoms with Crippen LogP contribution >= 0.6 is 0 Å². The first kappa shape index (κ1) is 49.8. The van der Waals surface area contributed by atoms with Gasteiger partial charge in [0, 0.05) is 41.3 Å². The summed E-state index contributed by atoms with van der Waals surface area (Å²) in [6, 6.07) is 45.3. The number of benzene rings is 6. The summed E-state index contributed by atoms with van der Waals surface area (Å²) in [5.41, 5.74) is 7.97. The van der Waals surface area contributed by atoms with E-state index in [1.807, 2.05) is 91.0 Å². The average molecular weight is 929 g/mol. The lowest BCUT2D eigenvalue weighted by Crippen LogP contribution is -2.14. The van der Waals surface area contributed by atoms with Crippen molar-refractivity contribution >= 4 is 23.9 Å². The molecule has 0 fully saturated rings. The third-order valence-corrected chi connectivity index (χ3v) is 10.4. The van der Waals surface area contributed by atoms with E-state index in [1.165, 1.54) is 0 Å². The zero-order valence-corrected chi connectivity index (χ0v) is 38.1. The molecule has 0 atom stereocenters. The number of carbonyl (C=O) groups excluding carboxylic acids is 4. The van der Waals surface area contributed by atoms with Crippen LogP contribution in [0.25, 0.3) is 33.4 Å². The fraction of sp³-hybridized carbons (Fsp3) is 0.158. The van der Waals surface area contributed by atoms with Gasteiger partial charge in [-0.3, -0.25) is 0 Å². The standard InChI is InChI=1S/C57H52O12/c1-5-53(58)66-34-30-62-47-24-18-42(19-25-47)45-22-28-51(64-32-36-68-55(60)7-3)49(38-45)57(44-16-14-41(15-17-44)40-12-10-9-11-13-40)50-39-46(23-29-52(50)65-33-37-69-56(61)8-4)43-20-26-48(27-21-43)63-31-35-67-54(59)6-2/h5-29,38-39,57H,1-4,30-37H2. The first-order valence-corrected chi connectivity index (χ1v) is 22.0. The van der Waals surface area contributed by atoms with Crippen LogP contribution in [-0.4, -0.2) is 76.7 Å². The van der Waals surface area contributed by atoms with Crippen LogP contribution in [0.4, 0.5) is 0 Å². The predicted octanol–water partition coefficient (Wildman–Crippen LogP) is 10.3. The molecule has 0 radical (unpaired) electrons. The minimum absolute atomic E-state index is 0.0241. The summed E-state index contributed by atoms with van der Waals surface area (Å²) in [6.45, 7) is 14.3. The monoisotopic (exact) mass is 928 g/mol. The number of rotatable bonds is 26. The van der Waals surface area contributed by atoms with Crippen LogP contribution in [0.1, 0.15) is 22.6 Å². The van der Waals surface area contributed by atoms with Gasteiger partial charge in [-0.25, -0.2) is 19.2 Å². The second-order valence-corrected chi connectivity index (χ2v) is 14.9. The molecule has 0 saturated carbocycles. The van der Waals surface area contributed by atoms with Gasteiger partial charge in [-0.05, 0) is 87.5 Å². The molecule has 352 valence electrons. The highest BCUT2D eigenvalue weighted by Gasteiger charge is 2.26. The van der Waals surface area contributed by atoms with E-state index in [9.17, 15) is 19.2 Å². The molecule has 6 aromatic carbocycles. The van der Waals surface area contributed by atoms with Crippen molar-refractivity contribution in [1.29, 1.82) is 0 Å². The molecule has 12 nitrogen and oxygen atoms in total. The van der Waals surface area contributed by atoms with Crippen molar-refractivity contribution < 1.29 is 57.1 Å². The van der Waals surface area contributed by atoms with Crippen LogP contribution in [0.15, 0.2) is 190 Å². The Balaban J connectivity index is 1.46. The Morgan fingerprint density at radius 2 is 0.681 bits per heavy atom. The molecule has 0 heterocycles. The molecule has 0 aliphatic carbocycles. The van der Waals surface area contributed by atoms with Crippen molar-refractivity contribution in [2.45, 2.75) is 5.92 Å². The smallest absolute Gasteiger partial charge is 0.330 e.